The van der Waals surface area contributed by atoms with Crippen LogP contribution in [0.5, 0.6) is 0 Å². The first-order valence-electron chi connectivity index (χ1n) is 6.70. The van der Waals surface area contributed by atoms with Gasteiger partial charge in [0.25, 0.3) is 0 Å². The van der Waals surface area contributed by atoms with Crippen LogP contribution in [0.25, 0.3) is 10.8 Å². The molecular weight excluding hydrogens is 365 g/mol. The minimum Gasteiger partial charge on any atom is -0.211 e. The summed E-state index contributed by atoms with van der Waals surface area (Å²) in [6.07, 6.45) is 0. The van der Waals surface area contributed by atoms with Crippen molar-refractivity contribution in [3.63, 3.8) is 0 Å². The van der Waals surface area contributed by atoms with Gasteiger partial charge in [-0.25, -0.2) is 8.57 Å². The van der Waals surface area contributed by atoms with Gasteiger partial charge in [-0.3, -0.25) is 0 Å². The predicted molar refractivity (Wildman–Crippen MR) is 91.7 cm³/mol. The number of halogens is 2. The van der Waals surface area contributed by atoms with Crippen LogP contribution in [-0.2, 0) is 16.7 Å². The maximum Gasteiger partial charge on any atom is 0.231 e. The van der Waals surface area contributed by atoms with Crippen LogP contribution in [0.3, 0.4) is 0 Å². The Kier molecular flexibility index (Phi) is 4.27. The Hall–Kier alpha value is -1.72. The van der Waals surface area contributed by atoms with Crippen LogP contribution in [0.2, 0.25) is 0 Å². The summed E-state index contributed by atoms with van der Waals surface area (Å²) in [5, 5.41) is 1.83. The van der Waals surface area contributed by atoms with E-state index in [1.54, 1.807) is 12.1 Å². The van der Waals surface area contributed by atoms with Gasteiger partial charge in [-0.1, -0.05) is 58.4 Å². The topological polar surface area (TPSA) is 29.4 Å². The average molecular weight is 378 g/mol. The van der Waals surface area contributed by atoms with Gasteiger partial charge in [0.05, 0.1) is 11.4 Å². The fraction of sp³-hybridized carbons (Fsp3) is 0.0588. The number of benzene rings is 3. The molecule has 0 aliphatic rings. The normalized spacial score (nSPS) is 13.7. The molecule has 3 aromatic carbocycles. The van der Waals surface area contributed by atoms with Crippen molar-refractivity contribution in [3.8, 4) is 0 Å². The summed E-state index contributed by atoms with van der Waals surface area (Å²) in [5.41, 5.74) is 0.814. The molecule has 0 bridgehead atoms. The zero-order valence-electron chi connectivity index (χ0n) is 11.6. The van der Waals surface area contributed by atoms with Crippen LogP contribution in [0.1, 0.15) is 5.56 Å². The molecule has 0 saturated carbocycles. The molecule has 112 valence electrons. The SMILES string of the molecule is O=[S@](F)(=NCc1ccc(Br)cc1)c1ccc2ccccc2c1. The molecule has 0 amide bonds. The average Bonchev–Trinajstić information content (AvgIpc) is 2.54. The Bertz CT molecular complexity index is 931. The zero-order chi connectivity index (χ0) is 15.6. The maximum absolute atomic E-state index is 14.5. The molecule has 5 heteroatoms. The van der Waals surface area contributed by atoms with Crippen LogP contribution in [0.4, 0.5) is 3.89 Å². The summed E-state index contributed by atoms with van der Waals surface area (Å²) in [6.45, 7) is 0.0788. The van der Waals surface area contributed by atoms with Crippen LogP contribution in [0.15, 0.2) is 80.5 Å². The van der Waals surface area contributed by atoms with E-state index in [0.29, 0.717) is 0 Å². The summed E-state index contributed by atoms with van der Waals surface area (Å²) in [4.78, 5) is 0.114. The Morgan fingerprint density at radius 3 is 2.36 bits per heavy atom. The van der Waals surface area contributed by atoms with Gasteiger partial charge in [0.2, 0.25) is 10.1 Å². The van der Waals surface area contributed by atoms with Crippen molar-refractivity contribution in [2.24, 2.45) is 4.36 Å². The summed E-state index contributed by atoms with van der Waals surface area (Å²) in [5.74, 6) is 0. The molecule has 0 aliphatic carbocycles. The number of hydrogen-bond donors (Lipinski definition) is 0. The van der Waals surface area contributed by atoms with Crippen molar-refractivity contribution in [3.05, 3.63) is 76.8 Å². The molecule has 0 fully saturated rings. The third-order valence-corrected chi connectivity index (χ3v) is 5.16. The predicted octanol–water partition coefficient (Wildman–Crippen LogP) is 5.51. The standard InChI is InChI=1S/C17H13BrFNOS/c18-16-8-5-13(6-9-16)12-20-22(19,21)17-10-7-14-3-1-2-4-15(14)11-17/h1-11H,12H2/t22-/m1/s1. The molecule has 0 spiro atoms. The third kappa shape index (κ3) is 3.36. The molecule has 3 rings (SSSR count). The van der Waals surface area contributed by atoms with Crippen LogP contribution in [-0.4, -0.2) is 4.21 Å². The Labute approximate surface area is 137 Å². The molecule has 2 nitrogen and oxygen atoms in total. The van der Waals surface area contributed by atoms with Gasteiger partial charge in [0.1, 0.15) is 0 Å². The molecular formula is C17H13BrFNOS. The molecule has 0 saturated heterocycles. The second kappa shape index (κ2) is 6.18. The molecule has 0 unspecified atom stereocenters. The molecule has 0 aromatic heterocycles. The first-order chi connectivity index (χ1) is 10.5. The van der Waals surface area contributed by atoms with E-state index in [2.05, 4.69) is 20.3 Å². The summed E-state index contributed by atoms with van der Waals surface area (Å²) in [6, 6.07) is 19.8. The van der Waals surface area contributed by atoms with Gasteiger partial charge in [-0.2, -0.15) is 0 Å². The lowest BCUT2D eigenvalue weighted by molar-refractivity contribution is 0.635. The van der Waals surface area contributed by atoms with Gasteiger partial charge in [0, 0.05) is 4.47 Å². The first-order valence-corrected chi connectivity index (χ1v) is 8.91. The highest BCUT2D eigenvalue weighted by atomic mass is 79.9. The van der Waals surface area contributed by atoms with Gasteiger partial charge in [-0.15, -0.1) is 3.89 Å². The van der Waals surface area contributed by atoms with E-state index < -0.39 is 10.1 Å². The van der Waals surface area contributed by atoms with Crippen LogP contribution < -0.4 is 0 Å². The quantitative estimate of drug-likeness (QED) is 0.553. The Morgan fingerprint density at radius 1 is 0.955 bits per heavy atom. The fourth-order valence-corrected chi connectivity index (χ4v) is 3.38. The lowest BCUT2D eigenvalue weighted by Crippen LogP contribution is -1.94. The van der Waals surface area contributed by atoms with Crippen molar-refractivity contribution in [1.82, 2.24) is 0 Å². The molecule has 0 aliphatic heterocycles. The second-order valence-corrected chi connectivity index (χ2v) is 7.44. The number of fused-ring (bicyclic) bond motifs is 1. The number of hydrogen-bond acceptors (Lipinski definition) is 2. The maximum atomic E-state index is 14.5. The Balaban J connectivity index is 1.94. The van der Waals surface area contributed by atoms with Gasteiger partial charge in [-0.05, 0) is 40.6 Å². The second-order valence-electron chi connectivity index (χ2n) is 4.88. The Morgan fingerprint density at radius 2 is 1.64 bits per heavy atom. The minimum absolute atomic E-state index is 0.0788. The van der Waals surface area contributed by atoms with Crippen molar-refractivity contribution < 1.29 is 8.09 Å². The van der Waals surface area contributed by atoms with Crippen molar-refractivity contribution in [2.45, 2.75) is 11.4 Å². The van der Waals surface area contributed by atoms with E-state index in [1.165, 1.54) is 6.07 Å². The molecule has 1 atom stereocenters. The zero-order valence-corrected chi connectivity index (χ0v) is 14.0. The van der Waals surface area contributed by atoms with E-state index in [-0.39, 0.29) is 11.4 Å². The minimum atomic E-state index is -3.90. The van der Waals surface area contributed by atoms with Crippen LogP contribution >= 0.6 is 15.9 Å². The highest BCUT2D eigenvalue weighted by Gasteiger charge is 2.11. The first kappa shape index (κ1) is 15.2. The largest absolute Gasteiger partial charge is 0.231 e. The number of rotatable bonds is 3. The van der Waals surface area contributed by atoms with Gasteiger partial charge >= 0.3 is 0 Å². The monoisotopic (exact) mass is 377 g/mol. The summed E-state index contributed by atoms with van der Waals surface area (Å²) < 4.78 is 31.4. The number of nitrogens with zero attached hydrogens (tertiary/aromatic N) is 1. The van der Waals surface area contributed by atoms with E-state index in [1.807, 2.05) is 48.5 Å². The van der Waals surface area contributed by atoms with Crippen molar-refractivity contribution in [1.29, 1.82) is 0 Å². The van der Waals surface area contributed by atoms with E-state index >= 15 is 0 Å². The van der Waals surface area contributed by atoms with Gasteiger partial charge < -0.3 is 0 Å². The van der Waals surface area contributed by atoms with Crippen molar-refractivity contribution in [2.75, 3.05) is 0 Å². The lowest BCUT2D eigenvalue weighted by Gasteiger charge is -2.04. The summed E-state index contributed by atoms with van der Waals surface area (Å²) >= 11 is 3.33. The molecule has 0 radical (unpaired) electrons. The van der Waals surface area contributed by atoms with Crippen molar-refractivity contribution >= 4 is 36.8 Å². The summed E-state index contributed by atoms with van der Waals surface area (Å²) in [7, 11) is -3.90. The van der Waals surface area contributed by atoms with E-state index in [9.17, 15) is 8.09 Å². The highest BCUT2D eigenvalue weighted by molar-refractivity contribution is 9.10. The highest BCUT2D eigenvalue weighted by Crippen LogP contribution is 2.22. The molecule has 3 aromatic rings. The van der Waals surface area contributed by atoms with E-state index in [4.69, 9.17) is 0 Å². The smallest absolute Gasteiger partial charge is 0.211 e. The van der Waals surface area contributed by atoms with E-state index in [0.717, 1.165) is 20.8 Å². The van der Waals surface area contributed by atoms with Crippen LogP contribution in [0, 0.1) is 0 Å². The fourth-order valence-electron chi connectivity index (χ4n) is 2.15. The molecule has 0 N–H and O–H groups in total. The molecule has 22 heavy (non-hydrogen) atoms. The van der Waals surface area contributed by atoms with Gasteiger partial charge in [0.15, 0.2) is 0 Å². The third-order valence-electron chi connectivity index (χ3n) is 3.34. The lowest BCUT2D eigenvalue weighted by atomic mass is 10.1. The molecule has 0 heterocycles.